The zero-order chi connectivity index (χ0) is 21.6. The lowest BCUT2D eigenvalue weighted by molar-refractivity contribution is -0.141. The molecule has 1 aromatic carbocycles. The van der Waals surface area contributed by atoms with Gasteiger partial charge in [-0.2, -0.15) is 0 Å². The molecule has 0 spiro atoms. The third-order valence-electron chi connectivity index (χ3n) is 6.57. The quantitative estimate of drug-likeness (QED) is 0.544. The van der Waals surface area contributed by atoms with Crippen LogP contribution in [0.1, 0.15) is 48.4 Å². The first kappa shape index (κ1) is 22.3. The number of esters is 1. The molecule has 2 aromatic rings. The van der Waals surface area contributed by atoms with E-state index in [9.17, 15) is 4.79 Å². The number of carbonyl (C=O) groups excluding carboxylic acids is 1. The van der Waals surface area contributed by atoms with Crippen LogP contribution in [0.2, 0.25) is 0 Å². The fourth-order valence-electron chi connectivity index (χ4n) is 4.82. The van der Waals surface area contributed by atoms with E-state index < -0.39 is 0 Å². The molecule has 6 heteroatoms. The van der Waals surface area contributed by atoms with Gasteiger partial charge in [-0.15, -0.1) is 0 Å². The van der Waals surface area contributed by atoms with Crippen LogP contribution in [-0.2, 0) is 22.4 Å². The van der Waals surface area contributed by atoms with E-state index in [2.05, 4.69) is 50.4 Å². The molecule has 0 bridgehead atoms. The molecule has 2 aliphatic heterocycles. The van der Waals surface area contributed by atoms with Crippen LogP contribution in [0.15, 0.2) is 40.9 Å². The Labute approximate surface area is 193 Å². The van der Waals surface area contributed by atoms with Crippen LogP contribution < -0.4 is 5.32 Å². The highest BCUT2D eigenvalue weighted by Gasteiger charge is 2.27. The lowest BCUT2D eigenvalue weighted by Gasteiger charge is -2.24. The third kappa shape index (κ3) is 6.07. The number of hydrogen-bond acceptors (Lipinski definition) is 5. The van der Waals surface area contributed by atoms with Crippen molar-refractivity contribution in [3.63, 3.8) is 0 Å². The van der Waals surface area contributed by atoms with Crippen LogP contribution in [0.5, 0.6) is 0 Å². The molecule has 166 valence electrons. The molecule has 1 N–H and O–H groups in total. The molecular formula is C25H32BrN3O2. The predicted octanol–water partition coefficient (Wildman–Crippen LogP) is 4.80. The van der Waals surface area contributed by atoms with Crippen LogP contribution in [0.25, 0.3) is 0 Å². The summed E-state index contributed by atoms with van der Waals surface area (Å²) < 4.78 is 6.01. The number of anilines is 1. The van der Waals surface area contributed by atoms with Gasteiger partial charge < -0.3 is 15.0 Å². The normalized spacial score (nSPS) is 19.5. The number of carbonyl (C=O) groups is 1. The van der Waals surface area contributed by atoms with Crippen LogP contribution >= 0.6 is 15.9 Å². The van der Waals surface area contributed by atoms with Gasteiger partial charge in [-0.1, -0.05) is 34.1 Å². The number of aryl methyl sites for hydroxylation is 2. The molecule has 2 atom stereocenters. The Morgan fingerprint density at radius 1 is 1.35 bits per heavy atom. The smallest absolute Gasteiger partial charge is 0.306 e. The molecule has 2 aliphatic rings. The van der Waals surface area contributed by atoms with E-state index >= 15 is 0 Å². The number of rotatable bonds is 8. The Hall–Kier alpha value is -1.92. The lowest BCUT2D eigenvalue weighted by atomic mass is 9.95. The number of benzene rings is 1. The molecule has 1 saturated heterocycles. The number of aromatic nitrogens is 1. The number of pyridine rings is 1. The average molecular weight is 486 g/mol. The van der Waals surface area contributed by atoms with Crippen molar-refractivity contribution in [1.29, 1.82) is 0 Å². The highest BCUT2D eigenvalue weighted by Crippen LogP contribution is 2.29. The Kier molecular flexibility index (Phi) is 7.62. The fourth-order valence-corrected chi connectivity index (χ4v) is 5.24. The van der Waals surface area contributed by atoms with E-state index in [0.717, 1.165) is 49.3 Å². The summed E-state index contributed by atoms with van der Waals surface area (Å²) in [4.78, 5) is 19.4. The second kappa shape index (κ2) is 10.6. The summed E-state index contributed by atoms with van der Waals surface area (Å²) in [6.45, 7) is 4.11. The van der Waals surface area contributed by atoms with Gasteiger partial charge in [0, 0.05) is 35.7 Å². The molecule has 31 heavy (non-hydrogen) atoms. The first-order valence-corrected chi connectivity index (χ1v) is 12.2. The Bertz CT molecular complexity index is 904. The van der Waals surface area contributed by atoms with Crippen LogP contribution in [-0.4, -0.2) is 49.1 Å². The second-order valence-electron chi connectivity index (χ2n) is 8.83. The van der Waals surface area contributed by atoms with Crippen molar-refractivity contribution in [2.45, 2.75) is 44.4 Å². The first-order chi connectivity index (χ1) is 15.1. The second-order valence-corrected chi connectivity index (χ2v) is 9.74. The van der Waals surface area contributed by atoms with Crippen molar-refractivity contribution < 1.29 is 9.53 Å². The summed E-state index contributed by atoms with van der Waals surface area (Å²) >= 11 is 3.56. The van der Waals surface area contributed by atoms with Crippen molar-refractivity contribution in [3.05, 3.63) is 57.7 Å². The fraction of sp³-hybridized carbons (Fsp3) is 0.520. The highest BCUT2D eigenvalue weighted by molar-refractivity contribution is 9.10. The van der Waals surface area contributed by atoms with Crippen LogP contribution in [0.3, 0.4) is 0 Å². The molecule has 1 fully saturated rings. The number of ether oxygens (including phenoxy) is 1. The Morgan fingerprint density at radius 2 is 2.26 bits per heavy atom. The molecule has 5 nitrogen and oxygen atoms in total. The van der Waals surface area contributed by atoms with Gasteiger partial charge in [0.15, 0.2) is 0 Å². The SMILES string of the molecule is COC(=O)C[C@H](CN1CC[C@@H](CCc2ccc3c(n2)NCCC3)C1)c1cccc(Br)c1. The molecule has 4 rings (SSSR count). The van der Waals surface area contributed by atoms with E-state index in [4.69, 9.17) is 9.72 Å². The minimum atomic E-state index is -0.146. The summed E-state index contributed by atoms with van der Waals surface area (Å²) in [5, 5.41) is 3.44. The molecule has 0 aliphatic carbocycles. The summed E-state index contributed by atoms with van der Waals surface area (Å²) in [5.74, 6) is 1.79. The van der Waals surface area contributed by atoms with Crippen molar-refractivity contribution in [3.8, 4) is 0 Å². The first-order valence-electron chi connectivity index (χ1n) is 11.4. The summed E-state index contributed by atoms with van der Waals surface area (Å²) in [6.07, 6.45) is 6.17. The van der Waals surface area contributed by atoms with Gasteiger partial charge in [0.2, 0.25) is 0 Å². The van der Waals surface area contributed by atoms with Gasteiger partial charge in [0.1, 0.15) is 5.82 Å². The standard InChI is InChI=1S/C25H32BrN3O2/c1-31-24(30)15-21(20-4-2-6-22(26)14-20)17-29-13-11-18(16-29)7-9-23-10-8-19-5-3-12-27-25(19)28-23/h2,4,6,8,10,14,18,21H,3,5,7,9,11-13,15-17H2,1H3,(H,27,28)/t18-,21-/m1/s1. The van der Waals surface area contributed by atoms with Crippen LogP contribution in [0, 0.1) is 5.92 Å². The van der Waals surface area contributed by atoms with Crippen molar-refractivity contribution in [1.82, 2.24) is 9.88 Å². The third-order valence-corrected chi connectivity index (χ3v) is 7.06. The minimum absolute atomic E-state index is 0.146. The number of likely N-dealkylation sites (tertiary alicyclic amines) is 1. The van der Waals surface area contributed by atoms with E-state index in [1.54, 1.807) is 0 Å². The number of halogens is 1. The minimum Gasteiger partial charge on any atom is -0.469 e. The molecule has 1 aromatic heterocycles. The zero-order valence-electron chi connectivity index (χ0n) is 18.3. The largest absolute Gasteiger partial charge is 0.469 e. The molecule has 0 amide bonds. The molecule has 0 unspecified atom stereocenters. The highest BCUT2D eigenvalue weighted by atomic mass is 79.9. The molecule has 0 radical (unpaired) electrons. The summed E-state index contributed by atoms with van der Waals surface area (Å²) in [5.41, 5.74) is 3.74. The maximum Gasteiger partial charge on any atom is 0.306 e. The number of fused-ring (bicyclic) bond motifs is 1. The summed E-state index contributed by atoms with van der Waals surface area (Å²) in [7, 11) is 1.47. The number of methoxy groups -OCH3 is 1. The maximum absolute atomic E-state index is 12.0. The monoisotopic (exact) mass is 485 g/mol. The molecule has 0 saturated carbocycles. The maximum atomic E-state index is 12.0. The van der Waals surface area contributed by atoms with Gasteiger partial charge in [0.25, 0.3) is 0 Å². The lowest BCUT2D eigenvalue weighted by Crippen LogP contribution is -2.28. The van der Waals surface area contributed by atoms with Crippen molar-refractivity contribution >= 4 is 27.7 Å². The Balaban J connectivity index is 1.32. The number of nitrogens with zero attached hydrogens (tertiary/aromatic N) is 2. The van der Waals surface area contributed by atoms with Crippen molar-refractivity contribution in [2.75, 3.05) is 38.6 Å². The summed E-state index contributed by atoms with van der Waals surface area (Å²) in [6, 6.07) is 12.8. The van der Waals surface area contributed by atoms with Gasteiger partial charge in [0.05, 0.1) is 13.5 Å². The number of nitrogens with one attached hydrogen (secondary N) is 1. The van der Waals surface area contributed by atoms with Crippen molar-refractivity contribution in [2.24, 2.45) is 5.92 Å². The van der Waals surface area contributed by atoms with Crippen LogP contribution in [0.4, 0.5) is 5.82 Å². The number of hydrogen-bond donors (Lipinski definition) is 1. The molecule has 3 heterocycles. The van der Waals surface area contributed by atoms with Gasteiger partial charge in [-0.05, 0) is 73.9 Å². The van der Waals surface area contributed by atoms with Gasteiger partial charge in [-0.3, -0.25) is 4.79 Å². The Morgan fingerprint density at radius 3 is 3.10 bits per heavy atom. The molecular weight excluding hydrogens is 454 g/mol. The van der Waals surface area contributed by atoms with Gasteiger partial charge >= 0.3 is 5.97 Å². The van der Waals surface area contributed by atoms with Gasteiger partial charge in [-0.25, -0.2) is 4.98 Å². The average Bonchev–Trinajstić information content (AvgIpc) is 3.24. The van der Waals surface area contributed by atoms with E-state index in [0.29, 0.717) is 12.3 Å². The predicted molar refractivity (Wildman–Crippen MR) is 127 cm³/mol. The van der Waals surface area contributed by atoms with E-state index in [1.165, 1.54) is 43.2 Å². The van der Waals surface area contributed by atoms with E-state index in [-0.39, 0.29) is 11.9 Å². The zero-order valence-corrected chi connectivity index (χ0v) is 19.9. The topological polar surface area (TPSA) is 54.5 Å². The van der Waals surface area contributed by atoms with E-state index in [1.807, 2.05) is 12.1 Å².